The van der Waals surface area contributed by atoms with E-state index in [1.165, 1.54) is 36.8 Å². The fourth-order valence-corrected chi connectivity index (χ4v) is 3.37. The summed E-state index contributed by atoms with van der Waals surface area (Å²) in [6, 6.07) is 9.01. The lowest BCUT2D eigenvalue weighted by molar-refractivity contribution is 0.121. The van der Waals surface area contributed by atoms with E-state index in [9.17, 15) is 0 Å². The van der Waals surface area contributed by atoms with Crippen molar-refractivity contribution in [3.8, 4) is 0 Å². The Morgan fingerprint density at radius 2 is 1.83 bits per heavy atom. The Kier molecular flexibility index (Phi) is 4.11. The van der Waals surface area contributed by atoms with Gasteiger partial charge in [0.25, 0.3) is 0 Å². The third kappa shape index (κ3) is 3.35. The van der Waals surface area contributed by atoms with Crippen LogP contribution in [0.3, 0.4) is 0 Å². The third-order valence-corrected chi connectivity index (χ3v) is 4.59. The Balaban J connectivity index is 2.07. The van der Waals surface area contributed by atoms with Gasteiger partial charge >= 0.3 is 0 Å². The fraction of sp³-hybridized carbons (Fsp3) is 0.647. The average Bonchev–Trinajstić information content (AvgIpc) is 2.31. The van der Waals surface area contributed by atoms with Crippen molar-refractivity contribution in [2.24, 2.45) is 23.0 Å². The Labute approximate surface area is 112 Å². The molecule has 0 bridgehead atoms. The highest BCUT2D eigenvalue weighted by atomic mass is 14.6. The zero-order valence-corrected chi connectivity index (χ0v) is 12.1. The van der Waals surface area contributed by atoms with Crippen LogP contribution in [0.1, 0.15) is 44.2 Å². The van der Waals surface area contributed by atoms with Crippen molar-refractivity contribution in [3.63, 3.8) is 0 Å². The molecule has 2 N–H and O–H groups in total. The van der Waals surface area contributed by atoms with Crippen LogP contribution >= 0.6 is 0 Å². The summed E-state index contributed by atoms with van der Waals surface area (Å²) < 4.78 is 0. The Morgan fingerprint density at radius 3 is 2.44 bits per heavy atom. The molecular formula is C17H27N. The number of hydrogen-bond donors (Lipinski definition) is 1. The first-order valence-electron chi connectivity index (χ1n) is 7.26. The first kappa shape index (κ1) is 13.6. The van der Waals surface area contributed by atoms with Crippen molar-refractivity contribution in [2.75, 3.05) is 6.54 Å². The molecule has 100 valence electrons. The lowest BCUT2D eigenvalue weighted by Crippen LogP contribution is -2.35. The summed E-state index contributed by atoms with van der Waals surface area (Å²) >= 11 is 0. The molecule has 1 aliphatic rings. The molecule has 1 nitrogen and oxygen atoms in total. The van der Waals surface area contributed by atoms with Gasteiger partial charge in [0.1, 0.15) is 0 Å². The van der Waals surface area contributed by atoms with Gasteiger partial charge in [0.2, 0.25) is 0 Å². The quantitative estimate of drug-likeness (QED) is 0.857. The van der Waals surface area contributed by atoms with Crippen LogP contribution in [0.15, 0.2) is 24.3 Å². The van der Waals surface area contributed by atoms with Crippen molar-refractivity contribution >= 4 is 0 Å². The molecule has 1 heteroatoms. The van der Waals surface area contributed by atoms with Gasteiger partial charge in [-0.2, -0.15) is 0 Å². The molecule has 2 atom stereocenters. The number of nitrogens with two attached hydrogens (primary N) is 1. The normalized spacial score (nSPS) is 27.1. The van der Waals surface area contributed by atoms with E-state index < -0.39 is 0 Å². The molecule has 1 aromatic rings. The minimum Gasteiger partial charge on any atom is -0.330 e. The van der Waals surface area contributed by atoms with E-state index in [4.69, 9.17) is 5.73 Å². The molecule has 0 aromatic heterocycles. The summed E-state index contributed by atoms with van der Waals surface area (Å²) in [5, 5.41) is 0. The van der Waals surface area contributed by atoms with Crippen LogP contribution in [-0.2, 0) is 6.42 Å². The second-order valence-corrected chi connectivity index (χ2v) is 6.85. The minimum atomic E-state index is 0.501. The van der Waals surface area contributed by atoms with Crippen LogP contribution in [0.2, 0.25) is 0 Å². The van der Waals surface area contributed by atoms with Gasteiger partial charge in [-0.1, -0.05) is 43.7 Å². The number of rotatable bonds is 3. The maximum atomic E-state index is 5.96. The third-order valence-electron chi connectivity index (χ3n) is 4.59. The van der Waals surface area contributed by atoms with Gasteiger partial charge in [0.05, 0.1) is 0 Å². The molecule has 0 spiro atoms. The van der Waals surface area contributed by atoms with Crippen molar-refractivity contribution in [2.45, 2.75) is 46.5 Å². The average molecular weight is 245 g/mol. The van der Waals surface area contributed by atoms with E-state index in [-0.39, 0.29) is 0 Å². The first-order valence-corrected chi connectivity index (χ1v) is 7.26. The molecule has 1 fully saturated rings. The lowest BCUT2D eigenvalue weighted by Gasteiger charge is -2.40. The van der Waals surface area contributed by atoms with Crippen molar-refractivity contribution in [1.29, 1.82) is 0 Å². The van der Waals surface area contributed by atoms with Gasteiger partial charge in [-0.25, -0.2) is 0 Å². The maximum absolute atomic E-state index is 5.96. The molecule has 0 aliphatic heterocycles. The van der Waals surface area contributed by atoms with Crippen molar-refractivity contribution in [3.05, 3.63) is 35.4 Å². The van der Waals surface area contributed by atoms with Gasteiger partial charge in [0, 0.05) is 0 Å². The molecule has 0 radical (unpaired) electrons. The zero-order chi connectivity index (χ0) is 13.2. The Morgan fingerprint density at radius 1 is 1.17 bits per heavy atom. The van der Waals surface area contributed by atoms with Crippen LogP contribution in [0.25, 0.3) is 0 Å². The first-order chi connectivity index (χ1) is 8.50. The molecule has 1 aliphatic carbocycles. The van der Waals surface area contributed by atoms with Gasteiger partial charge < -0.3 is 5.73 Å². The SMILES string of the molecule is Cc1ccc(CC2CC(C)(C)CCC2CN)cc1. The maximum Gasteiger partial charge on any atom is -0.00461 e. The van der Waals surface area contributed by atoms with E-state index in [0.717, 1.165) is 18.4 Å². The van der Waals surface area contributed by atoms with E-state index in [1.807, 2.05) is 0 Å². The van der Waals surface area contributed by atoms with Crippen LogP contribution in [0, 0.1) is 24.2 Å². The largest absolute Gasteiger partial charge is 0.330 e. The predicted octanol–water partition coefficient (Wildman–Crippen LogP) is 3.94. The summed E-state index contributed by atoms with van der Waals surface area (Å²) in [5.74, 6) is 1.49. The molecule has 0 amide bonds. The number of aryl methyl sites for hydroxylation is 1. The second kappa shape index (κ2) is 5.44. The lowest BCUT2D eigenvalue weighted by atomic mass is 9.65. The highest BCUT2D eigenvalue weighted by Gasteiger charge is 2.33. The minimum absolute atomic E-state index is 0.501. The second-order valence-electron chi connectivity index (χ2n) is 6.85. The number of benzene rings is 1. The van der Waals surface area contributed by atoms with Crippen molar-refractivity contribution < 1.29 is 0 Å². The van der Waals surface area contributed by atoms with E-state index in [0.29, 0.717) is 5.41 Å². The highest BCUT2D eigenvalue weighted by molar-refractivity contribution is 5.22. The summed E-state index contributed by atoms with van der Waals surface area (Å²) in [7, 11) is 0. The van der Waals surface area contributed by atoms with E-state index in [1.54, 1.807) is 0 Å². The molecule has 18 heavy (non-hydrogen) atoms. The summed E-state index contributed by atoms with van der Waals surface area (Å²) in [4.78, 5) is 0. The topological polar surface area (TPSA) is 26.0 Å². The standard InChI is InChI=1S/C17H27N/c1-13-4-6-14(7-5-13)10-16-11-17(2,3)9-8-15(16)12-18/h4-7,15-16H,8-12,18H2,1-3H3. The molecule has 1 aromatic carbocycles. The summed E-state index contributed by atoms with van der Waals surface area (Å²) in [6.45, 7) is 7.81. The van der Waals surface area contributed by atoms with Gasteiger partial charge in [-0.05, 0) is 62.0 Å². The van der Waals surface area contributed by atoms with E-state index in [2.05, 4.69) is 45.0 Å². The van der Waals surface area contributed by atoms with Crippen molar-refractivity contribution in [1.82, 2.24) is 0 Å². The Bertz CT molecular complexity index is 377. The molecule has 1 saturated carbocycles. The summed E-state index contributed by atoms with van der Waals surface area (Å²) in [5.41, 5.74) is 9.28. The monoisotopic (exact) mass is 245 g/mol. The zero-order valence-electron chi connectivity index (χ0n) is 12.1. The van der Waals surface area contributed by atoms with Crippen LogP contribution in [-0.4, -0.2) is 6.54 Å². The smallest absolute Gasteiger partial charge is 0.00461 e. The highest BCUT2D eigenvalue weighted by Crippen LogP contribution is 2.42. The van der Waals surface area contributed by atoms with E-state index >= 15 is 0 Å². The Hall–Kier alpha value is -0.820. The van der Waals surface area contributed by atoms with Crippen LogP contribution in [0.4, 0.5) is 0 Å². The molecule has 2 unspecified atom stereocenters. The number of hydrogen-bond acceptors (Lipinski definition) is 1. The van der Waals surface area contributed by atoms with Gasteiger partial charge in [-0.15, -0.1) is 0 Å². The van der Waals surface area contributed by atoms with Gasteiger partial charge in [0.15, 0.2) is 0 Å². The van der Waals surface area contributed by atoms with Crippen LogP contribution in [0.5, 0.6) is 0 Å². The summed E-state index contributed by atoms with van der Waals surface area (Å²) in [6.07, 6.45) is 5.16. The van der Waals surface area contributed by atoms with Crippen LogP contribution < -0.4 is 5.73 Å². The molecular weight excluding hydrogens is 218 g/mol. The predicted molar refractivity (Wildman–Crippen MR) is 78.5 cm³/mol. The molecule has 0 heterocycles. The van der Waals surface area contributed by atoms with Gasteiger partial charge in [-0.3, -0.25) is 0 Å². The molecule has 0 saturated heterocycles. The molecule has 2 rings (SSSR count). The fourth-order valence-electron chi connectivity index (χ4n) is 3.37.